The number of benzene rings is 1. The lowest BCUT2D eigenvalue weighted by Crippen LogP contribution is -2.04. The van der Waals surface area contributed by atoms with E-state index in [0.717, 1.165) is 29.2 Å². The third kappa shape index (κ3) is 2.58. The number of nitrogens with zero attached hydrogens (tertiary/aromatic N) is 1. The van der Waals surface area contributed by atoms with Gasteiger partial charge in [-0.1, -0.05) is 35.9 Å². The lowest BCUT2D eigenvalue weighted by molar-refractivity contribution is 0.0993. The Labute approximate surface area is 113 Å². The number of hydrogen-bond donors (Lipinski definition) is 0. The number of ketones is 1. The van der Waals surface area contributed by atoms with Crippen LogP contribution in [0.25, 0.3) is 10.8 Å². The van der Waals surface area contributed by atoms with E-state index in [9.17, 15) is 4.79 Å². The highest BCUT2D eigenvalue weighted by Gasteiger charge is 2.13. The zero-order chi connectivity index (χ0) is 13.1. The van der Waals surface area contributed by atoms with E-state index in [0.29, 0.717) is 6.42 Å². The quantitative estimate of drug-likeness (QED) is 0.601. The van der Waals surface area contributed by atoms with E-state index in [1.54, 1.807) is 6.20 Å². The van der Waals surface area contributed by atoms with E-state index in [-0.39, 0.29) is 5.78 Å². The van der Waals surface area contributed by atoms with E-state index in [1.165, 1.54) is 18.4 Å². The van der Waals surface area contributed by atoms with Gasteiger partial charge < -0.3 is 0 Å². The molecule has 3 rings (SSSR count). The molecule has 0 saturated carbocycles. The number of rotatable bonds is 3. The maximum atomic E-state index is 12.4. The number of pyridine rings is 1. The van der Waals surface area contributed by atoms with E-state index in [1.807, 2.05) is 30.5 Å². The molecule has 1 aliphatic rings. The molecule has 96 valence electrons. The van der Waals surface area contributed by atoms with Gasteiger partial charge in [0, 0.05) is 29.8 Å². The van der Waals surface area contributed by atoms with Gasteiger partial charge in [0.2, 0.25) is 0 Å². The molecule has 1 aromatic heterocycles. The van der Waals surface area contributed by atoms with Crippen molar-refractivity contribution >= 4 is 16.6 Å². The summed E-state index contributed by atoms with van der Waals surface area (Å²) in [6, 6.07) is 7.94. The Kier molecular flexibility index (Phi) is 3.41. The second kappa shape index (κ2) is 5.35. The fourth-order valence-electron chi connectivity index (χ4n) is 2.71. The Hall–Kier alpha value is -1.96. The van der Waals surface area contributed by atoms with Gasteiger partial charge in [-0.25, -0.2) is 0 Å². The number of Topliss-reactive ketones (excluding diaryl/α,β-unsaturated/α-hetero) is 1. The molecule has 2 heteroatoms. The maximum absolute atomic E-state index is 12.4. The van der Waals surface area contributed by atoms with Crippen molar-refractivity contribution in [1.82, 2.24) is 4.98 Å². The van der Waals surface area contributed by atoms with Crippen molar-refractivity contribution < 1.29 is 4.79 Å². The minimum Gasteiger partial charge on any atom is -0.294 e. The average Bonchev–Trinajstić information content (AvgIpc) is 2.47. The molecule has 0 spiro atoms. The van der Waals surface area contributed by atoms with Crippen molar-refractivity contribution in [3.05, 3.63) is 53.9 Å². The van der Waals surface area contributed by atoms with Gasteiger partial charge in [0.25, 0.3) is 0 Å². The highest BCUT2D eigenvalue weighted by atomic mass is 16.1. The van der Waals surface area contributed by atoms with Crippen LogP contribution >= 0.6 is 0 Å². The summed E-state index contributed by atoms with van der Waals surface area (Å²) in [5, 5.41) is 2.05. The molecule has 1 heterocycles. The Morgan fingerprint density at radius 2 is 2.05 bits per heavy atom. The molecule has 0 aliphatic heterocycles. The molecule has 0 atom stereocenters. The van der Waals surface area contributed by atoms with Gasteiger partial charge >= 0.3 is 0 Å². The fraction of sp³-hybridized carbons (Fsp3) is 0.294. The Morgan fingerprint density at radius 3 is 2.89 bits per heavy atom. The highest BCUT2D eigenvalue weighted by Crippen LogP contribution is 2.24. The lowest BCUT2D eigenvalue weighted by atomic mass is 9.93. The first-order valence-electron chi connectivity index (χ1n) is 6.88. The van der Waals surface area contributed by atoms with Crippen LogP contribution in [-0.4, -0.2) is 10.8 Å². The number of fused-ring (bicyclic) bond motifs is 1. The van der Waals surface area contributed by atoms with E-state index >= 15 is 0 Å². The van der Waals surface area contributed by atoms with Gasteiger partial charge in [0.1, 0.15) is 0 Å². The van der Waals surface area contributed by atoms with E-state index < -0.39 is 0 Å². The van der Waals surface area contributed by atoms with Crippen LogP contribution in [0, 0.1) is 0 Å². The number of carbonyl (C=O) groups is 1. The standard InChI is InChI=1S/C17H17NO/c19-17(10-13-6-2-1-3-7-13)16-12-18-11-14-8-4-5-9-15(14)16/h4-6,8-9,11-12H,1-3,7,10H2. The highest BCUT2D eigenvalue weighted by molar-refractivity contribution is 6.08. The number of aromatic nitrogens is 1. The molecule has 0 N–H and O–H groups in total. The molecule has 2 aromatic rings. The molecule has 19 heavy (non-hydrogen) atoms. The van der Waals surface area contributed by atoms with Crippen molar-refractivity contribution in [3.63, 3.8) is 0 Å². The van der Waals surface area contributed by atoms with Crippen LogP contribution in [0.1, 0.15) is 42.5 Å². The van der Waals surface area contributed by atoms with Crippen LogP contribution in [0.2, 0.25) is 0 Å². The molecule has 1 aromatic carbocycles. The van der Waals surface area contributed by atoms with Gasteiger partial charge in [-0.05, 0) is 31.1 Å². The Morgan fingerprint density at radius 1 is 1.16 bits per heavy atom. The van der Waals surface area contributed by atoms with Crippen molar-refractivity contribution in [2.75, 3.05) is 0 Å². The molecule has 0 amide bonds. The first-order valence-corrected chi connectivity index (χ1v) is 6.88. The monoisotopic (exact) mass is 251 g/mol. The summed E-state index contributed by atoms with van der Waals surface area (Å²) in [5.41, 5.74) is 2.05. The van der Waals surface area contributed by atoms with Crippen LogP contribution < -0.4 is 0 Å². The molecule has 0 bridgehead atoms. The topological polar surface area (TPSA) is 30.0 Å². The van der Waals surface area contributed by atoms with E-state index in [4.69, 9.17) is 0 Å². The Bertz CT molecular complexity index is 637. The third-order valence-corrected chi connectivity index (χ3v) is 3.74. The fourth-order valence-corrected chi connectivity index (χ4v) is 2.71. The average molecular weight is 251 g/mol. The summed E-state index contributed by atoms with van der Waals surface area (Å²) in [7, 11) is 0. The van der Waals surface area contributed by atoms with Crippen LogP contribution in [-0.2, 0) is 0 Å². The van der Waals surface area contributed by atoms with Crippen LogP contribution in [0.4, 0.5) is 0 Å². The van der Waals surface area contributed by atoms with Crippen molar-refractivity contribution in [1.29, 1.82) is 0 Å². The summed E-state index contributed by atoms with van der Waals surface area (Å²) >= 11 is 0. The molecule has 0 unspecified atom stereocenters. The predicted octanol–water partition coefficient (Wildman–Crippen LogP) is 4.31. The van der Waals surface area contributed by atoms with E-state index in [2.05, 4.69) is 11.1 Å². The van der Waals surface area contributed by atoms with Crippen molar-refractivity contribution in [3.8, 4) is 0 Å². The van der Waals surface area contributed by atoms with Crippen LogP contribution in [0.3, 0.4) is 0 Å². The summed E-state index contributed by atoms with van der Waals surface area (Å²) < 4.78 is 0. The lowest BCUT2D eigenvalue weighted by Gasteiger charge is -2.12. The molecule has 1 aliphatic carbocycles. The van der Waals surface area contributed by atoms with Gasteiger partial charge in [-0.15, -0.1) is 0 Å². The summed E-state index contributed by atoms with van der Waals surface area (Å²) in [4.78, 5) is 16.6. The first-order chi connectivity index (χ1) is 9.34. The first kappa shape index (κ1) is 12.1. The van der Waals surface area contributed by atoms with Crippen molar-refractivity contribution in [2.24, 2.45) is 0 Å². The molecular weight excluding hydrogens is 234 g/mol. The zero-order valence-electron chi connectivity index (χ0n) is 10.9. The number of hydrogen-bond acceptors (Lipinski definition) is 2. The number of allylic oxidation sites excluding steroid dienone is 2. The largest absolute Gasteiger partial charge is 0.294 e. The summed E-state index contributed by atoms with van der Waals surface area (Å²) in [5.74, 6) is 0.192. The van der Waals surface area contributed by atoms with Gasteiger partial charge in [-0.3, -0.25) is 9.78 Å². The maximum Gasteiger partial charge on any atom is 0.169 e. The SMILES string of the molecule is O=C(CC1=CCCCC1)c1cncc2ccccc12. The van der Waals surface area contributed by atoms with Crippen molar-refractivity contribution in [2.45, 2.75) is 32.1 Å². The molecule has 0 saturated heterocycles. The van der Waals surface area contributed by atoms with Gasteiger partial charge in [0.15, 0.2) is 5.78 Å². The van der Waals surface area contributed by atoms with Gasteiger partial charge in [0.05, 0.1) is 0 Å². The second-order valence-corrected chi connectivity index (χ2v) is 5.12. The smallest absolute Gasteiger partial charge is 0.169 e. The Balaban J connectivity index is 1.91. The van der Waals surface area contributed by atoms with Crippen LogP contribution in [0.5, 0.6) is 0 Å². The number of carbonyl (C=O) groups excluding carboxylic acids is 1. The normalized spacial score (nSPS) is 15.3. The summed E-state index contributed by atoms with van der Waals surface area (Å²) in [6.07, 6.45) is 11.0. The second-order valence-electron chi connectivity index (χ2n) is 5.12. The van der Waals surface area contributed by atoms with Gasteiger partial charge in [-0.2, -0.15) is 0 Å². The molecular formula is C17H17NO. The summed E-state index contributed by atoms with van der Waals surface area (Å²) in [6.45, 7) is 0. The van der Waals surface area contributed by atoms with Crippen LogP contribution in [0.15, 0.2) is 48.3 Å². The minimum atomic E-state index is 0.192. The molecule has 2 nitrogen and oxygen atoms in total. The zero-order valence-corrected chi connectivity index (χ0v) is 10.9. The molecule has 0 radical (unpaired) electrons. The molecule has 0 fully saturated rings. The minimum absolute atomic E-state index is 0.192. The predicted molar refractivity (Wildman–Crippen MR) is 77.2 cm³/mol. The third-order valence-electron chi connectivity index (χ3n) is 3.74.